The number of ketones is 1. The summed E-state index contributed by atoms with van der Waals surface area (Å²) in [5.41, 5.74) is 2.50. The van der Waals surface area contributed by atoms with E-state index in [9.17, 15) is 18.3 Å². The van der Waals surface area contributed by atoms with E-state index in [1.807, 2.05) is 6.92 Å². The molecule has 0 radical (unpaired) electrons. The second kappa shape index (κ2) is 10.6. The zero-order valence-corrected chi connectivity index (χ0v) is 20.5. The van der Waals surface area contributed by atoms with Crippen LogP contribution >= 0.6 is 0 Å². The Morgan fingerprint density at radius 3 is 2.56 bits per heavy atom. The highest BCUT2D eigenvalue weighted by Crippen LogP contribution is 2.33. The first-order chi connectivity index (χ1) is 17.3. The number of anilines is 1. The minimum atomic E-state index is -3.86. The van der Waals surface area contributed by atoms with Gasteiger partial charge in [-0.1, -0.05) is 25.5 Å². The number of ether oxygens (including phenoxy) is 1. The van der Waals surface area contributed by atoms with Crippen molar-refractivity contribution in [3.63, 3.8) is 0 Å². The quantitative estimate of drug-likeness (QED) is 0.272. The fraction of sp³-hybridized carbons (Fsp3) is 0.200. The number of H-pyrrole nitrogens is 1. The van der Waals surface area contributed by atoms with Crippen molar-refractivity contribution in [1.29, 1.82) is 0 Å². The predicted molar refractivity (Wildman–Crippen MR) is 133 cm³/mol. The van der Waals surface area contributed by atoms with Gasteiger partial charge in [0.2, 0.25) is 5.82 Å². The zero-order chi connectivity index (χ0) is 25.7. The van der Waals surface area contributed by atoms with Gasteiger partial charge >= 0.3 is 0 Å². The van der Waals surface area contributed by atoms with Gasteiger partial charge < -0.3 is 9.84 Å². The van der Waals surface area contributed by atoms with E-state index in [-0.39, 0.29) is 28.6 Å². The first-order valence-electron chi connectivity index (χ1n) is 11.2. The van der Waals surface area contributed by atoms with E-state index >= 15 is 0 Å². The number of nitrogens with zero attached hydrogens (tertiary/aromatic N) is 3. The van der Waals surface area contributed by atoms with Gasteiger partial charge in [0, 0.05) is 16.8 Å². The molecule has 0 saturated heterocycles. The van der Waals surface area contributed by atoms with Gasteiger partial charge in [0.05, 0.1) is 10.5 Å². The zero-order valence-electron chi connectivity index (χ0n) is 19.7. The summed E-state index contributed by atoms with van der Waals surface area (Å²) < 4.78 is 34.4. The third-order valence-electron chi connectivity index (χ3n) is 5.46. The number of aromatic hydroxyl groups is 1. The van der Waals surface area contributed by atoms with Crippen LogP contribution in [-0.2, 0) is 23.1 Å². The first kappa shape index (κ1) is 24.9. The van der Waals surface area contributed by atoms with Gasteiger partial charge in [-0.2, -0.15) is 5.21 Å². The van der Waals surface area contributed by atoms with Gasteiger partial charge in [-0.3, -0.25) is 9.52 Å². The summed E-state index contributed by atoms with van der Waals surface area (Å²) in [5.74, 6) is 0.551. The number of carbonyl (C=O) groups excluding carboxylic acids is 1. The number of rotatable bonds is 10. The molecule has 4 aromatic rings. The Balaban J connectivity index is 1.49. The van der Waals surface area contributed by atoms with Crippen molar-refractivity contribution in [3.05, 3.63) is 77.4 Å². The average Bonchev–Trinajstić information content (AvgIpc) is 3.40. The number of benzene rings is 3. The SMILES string of the molecule is CCCc1c(OCc2cccc(S(=O)(=O)Nc3ccc(-c4nn[nH]n4)cc3)c2)ccc(C(C)=O)c1O. The number of hydrogen-bond acceptors (Lipinski definition) is 8. The summed E-state index contributed by atoms with van der Waals surface area (Å²) in [6.45, 7) is 3.44. The Bertz CT molecular complexity index is 1470. The number of sulfonamides is 1. The van der Waals surface area contributed by atoms with Crippen LogP contribution in [0.3, 0.4) is 0 Å². The highest BCUT2D eigenvalue weighted by molar-refractivity contribution is 7.92. The molecule has 0 aliphatic carbocycles. The Kier molecular flexibility index (Phi) is 7.30. The van der Waals surface area contributed by atoms with E-state index in [4.69, 9.17) is 4.74 Å². The molecule has 0 fully saturated rings. The lowest BCUT2D eigenvalue weighted by atomic mass is 10.0. The monoisotopic (exact) mass is 507 g/mol. The Labute approximate surface area is 208 Å². The molecule has 0 bridgehead atoms. The molecule has 0 amide bonds. The molecule has 11 heteroatoms. The summed E-state index contributed by atoms with van der Waals surface area (Å²) >= 11 is 0. The normalized spacial score (nSPS) is 11.3. The Hall–Kier alpha value is -4.25. The molecule has 0 aliphatic heterocycles. The summed E-state index contributed by atoms with van der Waals surface area (Å²) in [4.78, 5) is 11.9. The van der Waals surface area contributed by atoms with Gasteiger partial charge in [0.1, 0.15) is 18.1 Å². The maximum atomic E-state index is 13.0. The van der Waals surface area contributed by atoms with Crippen LogP contribution in [0.25, 0.3) is 11.4 Å². The van der Waals surface area contributed by atoms with Crippen LogP contribution in [0.2, 0.25) is 0 Å². The number of hydrogen-bond donors (Lipinski definition) is 3. The molecule has 10 nitrogen and oxygen atoms in total. The third-order valence-corrected chi connectivity index (χ3v) is 6.84. The molecule has 0 saturated carbocycles. The van der Waals surface area contributed by atoms with Crippen LogP contribution in [0.1, 0.15) is 41.8 Å². The van der Waals surface area contributed by atoms with Crippen molar-refractivity contribution in [3.8, 4) is 22.9 Å². The number of aromatic nitrogens is 4. The fourth-order valence-electron chi connectivity index (χ4n) is 3.68. The van der Waals surface area contributed by atoms with Gasteiger partial charge in [0.25, 0.3) is 10.0 Å². The highest BCUT2D eigenvalue weighted by Gasteiger charge is 2.18. The number of tetrazole rings is 1. The molecule has 3 aromatic carbocycles. The van der Waals surface area contributed by atoms with E-state index in [1.165, 1.54) is 25.1 Å². The van der Waals surface area contributed by atoms with Gasteiger partial charge in [-0.15, -0.1) is 10.2 Å². The summed E-state index contributed by atoms with van der Waals surface area (Å²) in [6.07, 6.45) is 1.28. The molecule has 1 heterocycles. The molecule has 186 valence electrons. The van der Waals surface area contributed by atoms with Gasteiger partial charge in [-0.25, -0.2) is 8.42 Å². The van der Waals surface area contributed by atoms with Crippen molar-refractivity contribution < 1.29 is 23.1 Å². The smallest absolute Gasteiger partial charge is 0.261 e. The van der Waals surface area contributed by atoms with Crippen LogP contribution in [0.5, 0.6) is 11.5 Å². The second-order valence-electron chi connectivity index (χ2n) is 8.10. The molecule has 1 aromatic heterocycles. The van der Waals surface area contributed by atoms with Crippen molar-refractivity contribution in [1.82, 2.24) is 20.6 Å². The van der Waals surface area contributed by atoms with Crippen LogP contribution in [0.4, 0.5) is 5.69 Å². The van der Waals surface area contributed by atoms with Crippen LogP contribution < -0.4 is 9.46 Å². The van der Waals surface area contributed by atoms with Crippen LogP contribution in [0, 0.1) is 0 Å². The Morgan fingerprint density at radius 1 is 1.11 bits per heavy atom. The lowest BCUT2D eigenvalue weighted by molar-refractivity contribution is 0.101. The summed E-state index contributed by atoms with van der Waals surface area (Å²) in [6, 6.07) is 16.2. The van der Waals surface area contributed by atoms with E-state index in [0.29, 0.717) is 40.4 Å². The largest absolute Gasteiger partial charge is 0.507 e. The number of carbonyl (C=O) groups is 1. The molecular formula is C25H25N5O5S. The van der Waals surface area contributed by atoms with Crippen molar-refractivity contribution >= 4 is 21.5 Å². The minimum Gasteiger partial charge on any atom is -0.507 e. The highest BCUT2D eigenvalue weighted by atomic mass is 32.2. The molecule has 0 unspecified atom stereocenters. The number of phenolic OH excluding ortho intramolecular Hbond substituents is 1. The standard InChI is InChI=1S/C25H25N5O5S/c1-3-5-22-23(13-12-21(16(2)31)24(22)32)35-15-17-6-4-7-20(14-17)36(33,34)28-19-10-8-18(9-11-19)25-26-29-30-27-25/h4,6-14,28,32H,3,5,15H2,1-2H3,(H,26,27,29,30). The summed E-state index contributed by atoms with van der Waals surface area (Å²) in [5, 5.41) is 24.2. The lowest BCUT2D eigenvalue weighted by Crippen LogP contribution is -2.13. The molecule has 3 N–H and O–H groups in total. The molecule has 4 rings (SSSR count). The molecule has 0 atom stereocenters. The van der Waals surface area contributed by atoms with Crippen LogP contribution in [-0.4, -0.2) is 39.9 Å². The van der Waals surface area contributed by atoms with E-state index < -0.39 is 10.0 Å². The number of aromatic amines is 1. The number of phenols is 1. The predicted octanol–water partition coefficient (Wildman–Crippen LogP) is 4.11. The number of Topliss-reactive ketones (excluding diaryl/α,β-unsaturated/α-hetero) is 1. The van der Waals surface area contributed by atoms with E-state index in [0.717, 1.165) is 6.42 Å². The maximum absolute atomic E-state index is 13.0. The summed E-state index contributed by atoms with van der Waals surface area (Å²) in [7, 11) is -3.86. The fourth-order valence-corrected chi connectivity index (χ4v) is 4.81. The number of nitrogens with one attached hydrogen (secondary N) is 2. The van der Waals surface area contributed by atoms with Crippen molar-refractivity contribution in [2.45, 2.75) is 38.2 Å². The third kappa shape index (κ3) is 5.52. The minimum absolute atomic E-state index is 0.0762. The molecule has 0 aliphatic rings. The Morgan fingerprint density at radius 2 is 1.89 bits per heavy atom. The van der Waals surface area contributed by atoms with E-state index in [1.54, 1.807) is 42.5 Å². The molecule has 36 heavy (non-hydrogen) atoms. The molecule has 0 spiro atoms. The van der Waals surface area contributed by atoms with Crippen molar-refractivity contribution in [2.24, 2.45) is 0 Å². The van der Waals surface area contributed by atoms with E-state index in [2.05, 4.69) is 25.3 Å². The maximum Gasteiger partial charge on any atom is 0.261 e. The average molecular weight is 508 g/mol. The lowest BCUT2D eigenvalue weighted by Gasteiger charge is -2.15. The van der Waals surface area contributed by atoms with Crippen molar-refractivity contribution in [2.75, 3.05) is 4.72 Å². The van der Waals surface area contributed by atoms with Crippen LogP contribution in [0.15, 0.2) is 65.6 Å². The second-order valence-corrected chi connectivity index (χ2v) is 9.78. The topological polar surface area (TPSA) is 147 Å². The molecular weight excluding hydrogens is 482 g/mol. The van der Waals surface area contributed by atoms with Gasteiger partial charge in [0.15, 0.2) is 5.78 Å². The van der Waals surface area contributed by atoms with Gasteiger partial charge in [-0.05, 0) is 72.7 Å². The first-order valence-corrected chi connectivity index (χ1v) is 12.7.